The predicted molar refractivity (Wildman–Crippen MR) is 76.2 cm³/mol. The Labute approximate surface area is 123 Å². The van der Waals surface area contributed by atoms with Gasteiger partial charge in [-0.3, -0.25) is 4.79 Å². The van der Waals surface area contributed by atoms with E-state index in [4.69, 9.17) is 4.52 Å². The first-order chi connectivity index (χ1) is 10.1. The molecule has 1 aromatic heterocycles. The number of anilines is 1. The summed E-state index contributed by atoms with van der Waals surface area (Å²) in [6.45, 7) is 3.70. The average molecular weight is 294 g/mol. The fourth-order valence-electron chi connectivity index (χ4n) is 3.26. The van der Waals surface area contributed by atoms with E-state index in [1.807, 2.05) is 0 Å². The highest BCUT2D eigenvalue weighted by Crippen LogP contribution is 2.41. The molecular weight excluding hydrogens is 272 g/mol. The fourth-order valence-corrected chi connectivity index (χ4v) is 3.26. The number of carbonyl (C=O) groups is 1. The summed E-state index contributed by atoms with van der Waals surface area (Å²) in [5.41, 5.74) is -0.702. The van der Waals surface area contributed by atoms with Crippen molar-refractivity contribution in [3.05, 3.63) is 5.89 Å². The number of hydrogen-bond acceptors (Lipinski definition) is 6. The van der Waals surface area contributed by atoms with E-state index in [2.05, 4.69) is 27.0 Å². The molecule has 2 aliphatic rings. The Kier molecular flexibility index (Phi) is 3.84. The Morgan fingerprint density at radius 1 is 1.29 bits per heavy atom. The van der Waals surface area contributed by atoms with E-state index in [1.54, 1.807) is 0 Å². The van der Waals surface area contributed by atoms with Gasteiger partial charge in [-0.15, -0.1) is 0 Å². The lowest BCUT2D eigenvalue weighted by Crippen LogP contribution is -2.44. The SMILES string of the molecule is CN1CCN(c2noc(CC3(C(=O)O)CCCC3)n2)CC1. The van der Waals surface area contributed by atoms with Crippen LogP contribution in [0.25, 0.3) is 0 Å². The molecule has 1 saturated carbocycles. The van der Waals surface area contributed by atoms with Gasteiger partial charge in [0.2, 0.25) is 5.89 Å². The van der Waals surface area contributed by atoms with Gasteiger partial charge in [-0.05, 0) is 25.0 Å². The molecule has 1 saturated heterocycles. The molecular formula is C14H22N4O3. The van der Waals surface area contributed by atoms with Crippen molar-refractivity contribution in [2.24, 2.45) is 5.41 Å². The zero-order valence-electron chi connectivity index (χ0n) is 12.4. The van der Waals surface area contributed by atoms with E-state index >= 15 is 0 Å². The smallest absolute Gasteiger partial charge is 0.310 e. The van der Waals surface area contributed by atoms with E-state index in [1.165, 1.54) is 0 Å². The van der Waals surface area contributed by atoms with Crippen LogP contribution in [-0.4, -0.2) is 59.3 Å². The minimum Gasteiger partial charge on any atom is -0.481 e. The molecule has 1 aromatic rings. The van der Waals surface area contributed by atoms with Crippen molar-refractivity contribution < 1.29 is 14.4 Å². The van der Waals surface area contributed by atoms with Gasteiger partial charge in [-0.2, -0.15) is 4.98 Å². The van der Waals surface area contributed by atoms with E-state index in [-0.39, 0.29) is 0 Å². The fraction of sp³-hybridized carbons (Fsp3) is 0.786. The molecule has 7 nitrogen and oxygen atoms in total. The molecule has 1 N–H and O–H groups in total. The summed E-state index contributed by atoms with van der Waals surface area (Å²) in [7, 11) is 2.09. The standard InChI is InChI=1S/C14H22N4O3/c1-17-6-8-18(9-7-17)13-15-11(21-16-13)10-14(12(19)20)4-2-3-5-14/h2-10H2,1H3,(H,19,20). The summed E-state index contributed by atoms with van der Waals surface area (Å²) < 4.78 is 5.30. The van der Waals surface area contributed by atoms with Crippen molar-refractivity contribution in [1.29, 1.82) is 0 Å². The van der Waals surface area contributed by atoms with Gasteiger partial charge in [-0.25, -0.2) is 0 Å². The molecule has 1 aliphatic heterocycles. The third-order valence-electron chi connectivity index (χ3n) is 4.75. The Balaban J connectivity index is 1.69. The van der Waals surface area contributed by atoms with Crippen molar-refractivity contribution in [3.63, 3.8) is 0 Å². The number of aliphatic carboxylic acids is 1. The van der Waals surface area contributed by atoms with Gasteiger partial charge in [0, 0.05) is 32.6 Å². The van der Waals surface area contributed by atoms with Crippen LogP contribution in [0.1, 0.15) is 31.6 Å². The van der Waals surface area contributed by atoms with Crippen LogP contribution in [0.15, 0.2) is 4.52 Å². The number of rotatable bonds is 4. The predicted octanol–water partition coefficient (Wildman–Crippen LogP) is 1.01. The lowest BCUT2D eigenvalue weighted by molar-refractivity contribution is -0.148. The van der Waals surface area contributed by atoms with Crippen molar-refractivity contribution in [2.45, 2.75) is 32.1 Å². The summed E-state index contributed by atoms with van der Waals surface area (Å²) in [5, 5.41) is 13.5. The molecule has 116 valence electrons. The van der Waals surface area contributed by atoms with Crippen LogP contribution in [0.4, 0.5) is 5.95 Å². The first-order valence-electron chi connectivity index (χ1n) is 7.59. The van der Waals surface area contributed by atoms with E-state index < -0.39 is 11.4 Å². The monoisotopic (exact) mass is 294 g/mol. The van der Waals surface area contributed by atoms with Crippen LogP contribution in [0.2, 0.25) is 0 Å². The highest BCUT2D eigenvalue weighted by Gasteiger charge is 2.43. The average Bonchev–Trinajstić information content (AvgIpc) is 3.10. The van der Waals surface area contributed by atoms with E-state index in [0.717, 1.165) is 39.0 Å². The minimum absolute atomic E-state index is 0.350. The van der Waals surface area contributed by atoms with Crippen LogP contribution in [0, 0.1) is 5.41 Å². The summed E-state index contributed by atoms with van der Waals surface area (Å²) >= 11 is 0. The molecule has 7 heteroatoms. The number of carboxylic acid groups (broad SMARTS) is 1. The van der Waals surface area contributed by atoms with Crippen molar-refractivity contribution in [3.8, 4) is 0 Å². The molecule has 2 heterocycles. The molecule has 1 aliphatic carbocycles. The zero-order chi connectivity index (χ0) is 14.9. The van der Waals surface area contributed by atoms with Crippen LogP contribution in [0.5, 0.6) is 0 Å². The maximum Gasteiger partial charge on any atom is 0.310 e. The second-order valence-electron chi connectivity index (χ2n) is 6.25. The lowest BCUT2D eigenvalue weighted by Gasteiger charge is -2.31. The van der Waals surface area contributed by atoms with Gasteiger partial charge in [0.05, 0.1) is 5.41 Å². The molecule has 0 bridgehead atoms. The van der Waals surface area contributed by atoms with Crippen LogP contribution < -0.4 is 4.90 Å². The third-order valence-corrected chi connectivity index (χ3v) is 4.75. The third kappa shape index (κ3) is 2.88. The summed E-state index contributed by atoms with van der Waals surface area (Å²) in [5.74, 6) is 0.309. The lowest BCUT2D eigenvalue weighted by atomic mass is 9.83. The maximum absolute atomic E-state index is 11.6. The van der Waals surface area contributed by atoms with Gasteiger partial charge < -0.3 is 19.4 Å². The molecule has 0 unspecified atom stereocenters. The normalized spacial score (nSPS) is 22.6. The number of aromatic nitrogens is 2. The Bertz CT molecular complexity index is 502. The topological polar surface area (TPSA) is 82.7 Å². The highest BCUT2D eigenvalue weighted by molar-refractivity contribution is 5.75. The van der Waals surface area contributed by atoms with Gasteiger partial charge in [0.25, 0.3) is 5.95 Å². The van der Waals surface area contributed by atoms with Crippen molar-refractivity contribution in [1.82, 2.24) is 15.0 Å². The second-order valence-corrected chi connectivity index (χ2v) is 6.25. The first kappa shape index (κ1) is 14.3. The van der Waals surface area contributed by atoms with Gasteiger partial charge in [-0.1, -0.05) is 12.8 Å². The molecule has 2 fully saturated rings. The van der Waals surface area contributed by atoms with Crippen LogP contribution in [-0.2, 0) is 11.2 Å². The van der Waals surface area contributed by atoms with Crippen molar-refractivity contribution in [2.75, 3.05) is 38.1 Å². The molecule has 3 rings (SSSR count). The van der Waals surface area contributed by atoms with Gasteiger partial charge >= 0.3 is 5.97 Å². The maximum atomic E-state index is 11.6. The van der Waals surface area contributed by atoms with Gasteiger partial charge in [0.15, 0.2) is 0 Å². The number of hydrogen-bond donors (Lipinski definition) is 1. The summed E-state index contributed by atoms with van der Waals surface area (Å²) in [6.07, 6.45) is 3.68. The molecule has 0 radical (unpaired) electrons. The summed E-state index contributed by atoms with van der Waals surface area (Å²) in [6, 6.07) is 0. The van der Waals surface area contributed by atoms with Gasteiger partial charge in [0.1, 0.15) is 0 Å². The minimum atomic E-state index is -0.737. The largest absolute Gasteiger partial charge is 0.481 e. The highest BCUT2D eigenvalue weighted by atomic mass is 16.5. The second kappa shape index (κ2) is 5.63. The Morgan fingerprint density at radius 2 is 1.95 bits per heavy atom. The zero-order valence-corrected chi connectivity index (χ0v) is 12.4. The van der Waals surface area contributed by atoms with E-state index in [0.29, 0.717) is 31.1 Å². The first-order valence-corrected chi connectivity index (χ1v) is 7.59. The molecule has 0 spiro atoms. The quantitative estimate of drug-likeness (QED) is 0.887. The number of piperazine rings is 1. The summed E-state index contributed by atoms with van der Waals surface area (Å²) in [4.78, 5) is 20.3. The Morgan fingerprint density at radius 3 is 2.57 bits per heavy atom. The van der Waals surface area contributed by atoms with Crippen LogP contribution >= 0.6 is 0 Å². The molecule has 0 amide bonds. The molecule has 0 atom stereocenters. The molecule has 21 heavy (non-hydrogen) atoms. The number of likely N-dealkylation sites (N-methyl/N-ethyl adjacent to an activating group) is 1. The van der Waals surface area contributed by atoms with E-state index in [9.17, 15) is 9.90 Å². The number of nitrogens with zero attached hydrogens (tertiary/aromatic N) is 4. The van der Waals surface area contributed by atoms with Crippen LogP contribution in [0.3, 0.4) is 0 Å². The number of carboxylic acids is 1. The molecule has 0 aromatic carbocycles. The Hall–Kier alpha value is -1.63. The van der Waals surface area contributed by atoms with Crippen molar-refractivity contribution >= 4 is 11.9 Å².